The number of hydrogen-bond acceptors (Lipinski definition) is 5. The summed E-state index contributed by atoms with van der Waals surface area (Å²) >= 11 is 0. The number of carbonyl (C=O) groups is 1. The van der Waals surface area contributed by atoms with Crippen molar-refractivity contribution in [3.05, 3.63) is 52.7 Å². The fourth-order valence-electron chi connectivity index (χ4n) is 5.98. The van der Waals surface area contributed by atoms with Crippen LogP contribution >= 0.6 is 0 Å². The van der Waals surface area contributed by atoms with E-state index in [0.717, 1.165) is 65.8 Å². The van der Waals surface area contributed by atoms with E-state index < -0.39 is 0 Å². The van der Waals surface area contributed by atoms with Crippen molar-refractivity contribution in [3.8, 4) is 11.5 Å². The van der Waals surface area contributed by atoms with Crippen molar-refractivity contribution in [1.82, 2.24) is 20.0 Å². The number of piperidine rings is 1. The average Bonchev–Trinajstić information content (AvgIpc) is 3.60. The van der Waals surface area contributed by atoms with Gasteiger partial charge in [0.25, 0.3) is 5.91 Å². The number of likely N-dealkylation sites (tertiary alicyclic amines) is 1. The monoisotopic (exact) mass is 474 g/mol. The van der Waals surface area contributed by atoms with Crippen LogP contribution in [0.2, 0.25) is 0 Å². The maximum atomic E-state index is 13.5. The summed E-state index contributed by atoms with van der Waals surface area (Å²) in [7, 11) is 2.15. The van der Waals surface area contributed by atoms with Gasteiger partial charge >= 0.3 is 0 Å². The Kier molecular flexibility index (Phi) is 5.88. The topological polar surface area (TPSA) is 81.7 Å². The zero-order valence-corrected chi connectivity index (χ0v) is 20.4. The van der Waals surface area contributed by atoms with E-state index >= 15 is 0 Å². The van der Waals surface area contributed by atoms with Gasteiger partial charge in [-0.3, -0.25) is 9.89 Å². The van der Waals surface area contributed by atoms with Crippen LogP contribution in [0.3, 0.4) is 0 Å². The van der Waals surface area contributed by atoms with Gasteiger partial charge in [0.15, 0.2) is 0 Å². The number of phenolic OH excluding ortho intramolecular Hbond substituents is 1. The van der Waals surface area contributed by atoms with Gasteiger partial charge in [0.05, 0.1) is 16.8 Å². The zero-order chi connectivity index (χ0) is 23.9. The number of aromatic hydroxyl groups is 1. The second-order valence-electron chi connectivity index (χ2n) is 10.7. The van der Waals surface area contributed by atoms with Crippen molar-refractivity contribution in [2.24, 2.45) is 5.92 Å². The molecule has 0 bridgehead atoms. The van der Waals surface area contributed by atoms with Crippen LogP contribution in [0.15, 0.2) is 30.3 Å². The summed E-state index contributed by atoms with van der Waals surface area (Å²) in [5, 5.41) is 19.2. The van der Waals surface area contributed by atoms with Crippen LogP contribution in [0.25, 0.3) is 10.9 Å². The molecule has 2 aromatic carbocycles. The first kappa shape index (κ1) is 22.4. The van der Waals surface area contributed by atoms with Gasteiger partial charge in [-0.2, -0.15) is 5.10 Å². The Balaban J connectivity index is 1.18. The number of benzene rings is 2. The number of rotatable bonds is 5. The minimum Gasteiger partial charge on any atom is -0.507 e. The van der Waals surface area contributed by atoms with Gasteiger partial charge in [-0.15, -0.1) is 0 Å². The van der Waals surface area contributed by atoms with Crippen molar-refractivity contribution < 1.29 is 14.6 Å². The summed E-state index contributed by atoms with van der Waals surface area (Å²) in [5.41, 5.74) is 4.39. The number of amides is 1. The van der Waals surface area contributed by atoms with Crippen LogP contribution in [0.4, 0.5) is 0 Å². The van der Waals surface area contributed by atoms with Crippen molar-refractivity contribution in [1.29, 1.82) is 0 Å². The SMILES string of the molecule is CN1CCC(Oc2ccc3c(c2)CN(C(=O)c2cc4c(CC5CCCC5)n[nH]c4cc2O)C3)CC1. The Morgan fingerprint density at radius 3 is 2.66 bits per heavy atom. The summed E-state index contributed by atoms with van der Waals surface area (Å²) in [6.07, 6.45) is 8.32. The van der Waals surface area contributed by atoms with E-state index in [-0.39, 0.29) is 17.8 Å². The number of hydrogen-bond donors (Lipinski definition) is 2. The molecule has 2 fully saturated rings. The highest BCUT2D eigenvalue weighted by Crippen LogP contribution is 2.34. The van der Waals surface area contributed by atoms with E-state index in [0.29, 0.717) is 24.6 Å². The fourth-order valence-corrected chi connectivity index (χ4v) is 5.98. The number of phenols is 1. The van der Waals surface area contributed by atoms with Crippen LogP contribution in [-0.2, 0) is 19.5 Å². The van der Waals surface area contributed by atoms with Crippen LogP contribution < -0.4 is 4.74 Å². The van der Waals surface area contributed by atoms with E-state index in [4.69, 9.17) is 4.74 Å². The molecule has 1 saturated carbocycles. The number of nitrogens with zero attached hydrogens (tertiary/aromatic N) is 3. The number of carbonyl (C=O) groups excluding carboxylic acids is 1. The van der Waals surface area contributed by atoms with Crippen molar-refractivity contribution in [2.45, 2.75) is 64.1 Å². The summed E-state index contributed by atoms with van der Waals surface area (Å²) in [4.78, 5) is 17.6. The van der Waals surface area contributed by atoms with Gasteiger partial charge < -0.3 is 19.6 Å². The highest BCUT2D eigenvalue weighted by atomic mass is 16.5. The second kappa shape index (κ2) is 9.19. The number of H-pyrrole nitrogens is 1. The Morgan fingerprint density at radius 2 is 1.86 bits per heavy atom. The van der Waals surface area contributed by atoms with Crippen LogP contribution in [0.1, 0.15) is 65.7 Å². The zero-order valence-electron chi connectivity index (χ0n) is 20.4. The Hall–Kier alpha value is -3.06. The van der Waals surface area contributed by atoms with Crippen LogP contribution in [0.5, 0.6) is 11.5 Å². The van der Waals surface area contributed by atoms with Crippen molar-refractivity contribution >= 4 is 16.8 Å². The lowest BCUT2D eigenvalue weighted by atomic mass is 9.99. The number of aromatic nitrogens is 2. The molecule has 1 saturated heterocycles. The molecule has 0 radical (unpaired) electrons. The lowest BCUT2D eigenvalue weighted by Gasteiger charge is -2.29. The van der Waals surface area contributed by atoms with Crippen molar-refractivity contribution in [3.63, 3.8) is 0 Å². The molecule has 184 valence electrons. The molecular weight excluding hydrogens is 440 g/mol. The third-order valence-corrected chi connectivity index (χ3v) is 8.10. The molecule has 2 aliphatic heterocycles. The minimum atomic E-state index is -0.147. The molecule has 1 aliphatic carbocycles. The summed E-state index contributed by atoms with van der Waals surface area (Å²) in [5.74, 6) is 1.40. The minimum absolute atomic E-state index is 0.000751. The molecule has 7 heteroatoms. The Labute approximate surface area is 206 Å². The molecular formula is C28H34N4O3. The average molecular weight is 475 g/mol. The van der Waals surface area contributed by atoms with E-state index in [1.807, 2.05) is 17.0 Å². The lowest BCUT2D eigenvalue weighted by Crippen LogP contribution is -2.35. The molecule has 0 spiro atoms. The highest BCUT2D eigenvalue weighted by molar-refractivity contribution is 6.01. The summed E-state index contributed by atoms with van der Waals surface area (Å²) in [6.45, 7) is 3.19. The predicted molar refractivity (Wildman–Crippen MR) is 135 cm³/mol. The van der Waals surface area contributed by atoms with E-state index in [9.17, 15) is 9.90 Å². The summed E-state index contributed by atoms with van der Waals surface area (Å²) in [6, 6.07) is 9.66. The normalized spacial score (nSPS) is 19.5. The molecule has 35 heavy (non-hydrogen) atoms. The van der Waals surface area contributed by atoms with Gasteiger partial charge in [-0.05, 0) is 61.6 Å². The molecule has 7 nitrogen and oxygen atoms in total. The molecule has 3 heterocycles. The molecule has 3 aliphatic rings. The van der Waals surface area contributed by atoms with E-state index in [1.165, 1.54) is 25.7 Å². The van der Waals surface area contributed by atoms with Crippen molar-refractivity contribution in [2.75, 3.05) is 20.1 Å². The van der Waals surface area contributed by atoms with Gasteiger partial charge in [0.2, 0.25) is 0 Å². The Bertz CT molecular complexity index is 1240. The molecule has 6 rings (SSSR count). The number of fused-ring (bicyclic) bond motifs is 2. The van der Waals surface area contributed by atoms with Gasteiger partial charge in [-0.1, -0.05) is 31.7 Å². The lowest BCUT2D eigenvalue weighted by molar-refractivity contribution is 0.0748. The molecule has 1 aromatic heterocycles. The molecule has 0 unspecified atom stereocenters. The molecule has 1 amide bonds. The second-order valence-corrected chi connectivity index (χ2v) is 10.7. The fraction of sp³-hybridized carbons (Fsp3) is 0.500. The first-order valence-electron chi connectivity index (χ1n) is 13.0. The smallest absolute Gasteiger partial charge is 0.258 e. The largest absolute Gasteiger partial charge is 0.507 e. The van der Waals surface area contributed by atoms with Gasteiger partial charge in [0, 0.05) is 37.6 Å². The van der Waals surface area contributed by atoms with Crippen LogP contribution in [0, 0.1) is 5.92 Å². The number of aromatic amines is 1. The molecule has 3 aromatic rings. The van der Waals surface area contributed by atoms with Crippen LogP contribution in [-0.4, -0.2) is 57.3 Å². The van der Waals surface area contributed by atoms with Gasteiger partial charge in [-0.25, -0.2) is 0 Å². The number of nitrogens with one attached hydrogen (secondary N) is 1. The standard InChI is InChI=1S/C28H34N4O3/c1-31-10-8-21(9-11-31)35-22-7-6-19-16-32(17-20(19)13-22)28(34)24-14-23-25(12-18-4-2-3-5-18)29-30-26(23)15-27(24)33/h6-7,13-15,18,21,33H,2-5,8-12,16-17H2,1H3,(H,29,30). The highest BCUT2D eigenvalue weighted by Gasteiger charge is 2.28. The maximum absolute atomic E-state index is 13.5. The van der Waals surface area contributed by atoms with E-state index in [1.54, 1.807) is 6.07 Å². The van der Waals surface area contributed by atoms with E-state index in [2.05, 4.69) is 34.3 Å². The number of ether oxygens (including phenoxy) is 1. The quantitative estimate of drug-likeness (QED) is 0.564. The molecule has 0 atom stereocenters. The third-order valence-electron chi connectivity index (χ3n) is 8.10. The Morgan fingerprint density at radius 1 is 1.09 bits per heavy atom. The summed E-state index contributed by atoms with van der Waals surface area (Å²) < 4.78 is 6.25. The first-order valence-corrected chi connectivity index (χ1v) is 13.0. The third kappa shape index (κ3) is 4.49. The first-order chi connectivity index (χ1) is 17.0. The maximum Gasteiger partial charge on any atom is 0.258 e. The molecule has 2 N–H and O–H groups in total. The van der Waals surface area contributed by atoms with Gasteiger partial charge in [0.1, 0.15) is 17.6 Å². The predicted octanol–water partition coefficient (Wildman–Crippen LogP) is 4.63.